The predicted molar refractivity (Wildman–Crippen MR) is 96.4 cm³/mol. The first-order chi connectivity index (χ1) is 10.1. The van der Waals surface area contributed by atoms with Crippen LogP contribution in [-0.4, -0.2) is 17.6 Å². The average molecular weight is 308 g/mol. The standard InChI is InChI=1S/C17H29N3S/c1-14(2)7-5-8-15(3)9-6-10-16(4)11-12-21-17-18-13-19-20-17/h7,9,11,13,17,20H,5-6,8,10,12H2,1-4H3,(H,18,19)/b15-9+,16-11+. The molecule has 118 valence electrons. The van der Waals surface area contributed by atoms with Gasteiger partial charge >= 0.3 is 0 Å². The lowest BCUT2D eigenvalue weighted by Gasteiger charge is -2.05. The molecule has 4 heteroatoms. The number of nitrogens with zero attached hydrogens (tertiary/aromatic N) is 1. The molecule has 2 N–H and O–H groups in total. The quantitative estimate of drug-likeness (QED) is 0.613. The molecule has 0 aliphatic carbocycles. The molecule has 0 aromatic heterocycles. The highest BCUT2D eigenvalue weighted by atomic mass is 32.2. The lowest BCUT2D eigenvalue weighted by Crippen LogP contribution is -2.29. The smallest absolute Gasteiger partial charge is 0.165 e. The Morgan fingerprint density at radius 1 is 1.05 bits per heavy atom. The molecule has 0 fully saturated rings. The molecule has 0 saturated carbocycles. The van der Waals surface area contributed by atoms with Crippen molar-refractivity contribution in [3.63, 3.8) is 0 Å². The number of allylic oxidation sites excluding steroid dienone is 5. The zero-order valence-electron chi connectivity index (χ0n) is 13.8. The summed E-state index contributed by atoms with van der Waals surface area (Å²) in [6.07, 6.45) is 13.4. The maximum atomic E-state index is 4.23. The highest BCUT2D eigenvalue weighted by Gasteiger charge is 2.07. The number of thioether (sulfide) groups is 1. The molecule has 3 nitrogen and oxygen atoms in total. The topological polar surface area (TPSA) is 36.4 Å². The Hall–Kier alpha value is -1.00. The molecule has 1 heterocycles. The van der Waals surface area contributed by atoms with E-state index >= 15 is 0 Å². The molecule has 0 radical (unpaired) electrons. The van der Waals surface area contributed by atoms with Crippen molar-refractivity contribution in [3.05, 3.63) is 34.9 Å². The van der Waals surface area contributed by atoms with E-state index in [1.165, 1.54) is 29.6 Å². The lowest BCUT2D eigenvalue weighted by molar-refractivity contribution is 0.692. The second-order valence-electron chi connectivity index (χ2n) is 5.71. The fourth-order valence-electron chi connectivity index (χ4n) is 1.96. The minimum absolute atomic E-state index is 0.159. The first-order valence-corrected chi connectivity index (χ1v) is 8.71. The second-order valence-corrected chi connectivity index (χ2v) is 6.83. The van der Waals surface area contributed by atoms with Gasteiger partial charge in [-0.2, -0.15) is 0 Å². The van der Waals surface area contributed by atoms with Crippen LogP contribution in [0.1, 0.15) is 53.4 Å². The third kappa shape index (κ3) is 9.53. The van der Waals surface area contributed by atoms with E-state index in [4.69, 9.17) is 0 Å². The van der Waals surface area contributed by atoms with Crippen LogP contribution in [0.2, 0.25) is 0 Å². The summed E-state index contributed by atoms with van der Waals surface area (Å²) in [5.74, 6) is 1.01. The largest absolute Gasteiger partial charge is 0.309 e. The molecule has 0 bridgehead atoms. The summed E-state index contributed by atoms with van der Waals surface area (Å²) in [6.45, 7) is 8.78. The van der Waals surface area contributed by atoms with Gasteiger partial charge in [-0.05, 0) is 53.4 Å². The van der Waals surface area contributed by atoms with Crippen LogP contribution in [0.15, 0.2) is 39.9 Å². The Morgan fingerprint density at radius 2 is 1.71 bits per heavy atom. The van der Waals surface area contributed by atoms with Gasteiger partial charge in [-0.3, -0.25) is 0 Å². The molecule has 1 atom stereocenters. The minimum Gasteiger partial charge on any atom is -0.309 e. The van der Waals surface area contributed by atoms with E-state index in [-0.39, 0.29) is 5.50 Å². The Balaban J connectivity index is 2.14. The normalized spacial score (nSPS) is 18.8. The molecule has 0 amide bonds. The summed E-state index contributed by atoms with van der Waals surface area (Å²) in [5.41, 5.74) is 10.5. The molecule has 1 aliphatic rings. The summed E-state index contributed by atoms with van der Waals surface area (Å²) < 4.78 is 0. The Kier molecular flexibility index (Phi) is 9.19. The van der Waals surface area contributed by atoms with Crippen LogP contribution in [-0.2, 0) is 0 Å². The van der Waals surface area contributed by atoms with Gasteiger partial charge in [-0.15, -0.1) is 11.8 Å². The van der Waals surface area contributed by atoms with Gasteiger partial charge in [0.25, 0.3) is 0 Å². The Bertz CT molecular complexity index is 418. The third-order valence-electron chi connectivity index (χ3n) is 3.29. The molecule has 21 heavy (non-hydrogen) atoms. The number of aliphatic imine (C=N–C) groups is 1. The van der Waals surface area contributed by atoms with Gasteiger partial charge in [0.1, 0.15) is 0 Å². The lowest BCUT2D eigenvalue weighted by atomic mass is 10.1. The average Bonchev–Trinajstić information content (AvgIpc) is 2.91. The van der Waals surface area contributed by atoms with Crippen LogP contribution in [0.4, 0.5) is 0 Å². The molecule has 1 aliphatic heterocycles. The van der Waals surface area contributed by atoms with Crippen molar-refractivity contribution in [2.45, 2.75) is 58.9 Å². The van der Waals surface area contributed by atoms with Gasteiger partial charge in [0.2, 0.25) is 0 Å². The molecule has 1 unspecified atom stereocenters. The summed E-state index contributed by atoms with van der Waals surface area (Å²) in [6, 6.07) is 0. The highest BCUT2D eigenvalue weighted by Crippen LogP contribution is 2.14. The number of hydrogen-bond acceptors (Lipinski definition) is 4. The summed E-state index contributed by atoms with van der Waals surface area (Å²) in [5, 5.41) is 0. The van der Waals surface area contributed by atoms with Gasteiger partial charge in [0.05, 0.1) is 6.34 Å². The van der Waals surface area contributed by atoms with Crippen molar-refractivity contribution < 1.29 is 0 Å². The van der Waals surface area contributed by atoms with Crippen molar-refractivity contribution in [2.75, 3.05) is 5.75 Å². The van der Waals surface area contributed by atoms with E-state index in [0.717, 1.165) is 18.6 Å². The van der Waals surface area contributed by atoms with Crippen LogP contribution in [0.5, 0.6) is 0 Å². The fourth-order valence-corrected chi connectivity index (χ4v) is 2.82. The molecule has 0 saturated heterocycles. The molecule has 0 aromatic rings. The SMILES string of the molecule is CC(C)=CCC/C(C)=C/CC/C(C)=C/CSC1N=CNN1. The zero-order chi connectivity index (χ0) is 15.5. The van der Waals surface area contributed by atoms with Crippen molar-refractivity contribution >= 4 is 18.1 Å². The highest BCUT2D eigenvalue weighted by molar-refractivity contribution is 8.00. The van der Waals surface area contributed by atoms with Crippen LogP contribution in [0, 0.1) is 0 Å². The monoisotopic (exact) mass is 307 g/mol. The van der Waals surface area contributed by atoms with Gasteiger partial charge in [-0.25, -0.2) is 10.4 Å². The number of nitrogens with one attached hydrogen (secondary N) is 2. The maximum Gasteiger partial charge on any atom is 0.165 e. The molecule has 0 aromatic carbocycles. The minimum atomic E-state index is 0.159. The number of hydrogen-bond donors (Lipinski definition) is 2. The zero-order valence-corrected chi connectivity index (χ0v) is 14.6. The summed E-state index contributed by atoms with van der Waals surface area (Å²) in [4.78, 5) is 4.23. The Morgan fingerprint density at radius 3 is 2.33 bits per heavy atom. The van der Waals surface area contributed by atoms with Gasteiger partial charge in [-0.1, -0.05) is 34.9 Å². The van der Waals surface area contributed by atoms with Crippen molar-refractivity contribution in [1.29, 1.82) is 0 Å². The number of hydrazine groups is 1. The van der Waals surface area contributed by atoms with E-state index in [0.29, 0.717) is 0 Å². The molecular weight excluding hydrogens is 278 g/mol. The molecule has 1 rings (SSSR count). The third-order valence-corrected chi connectivity index (χ3v) is 4.20. The summed E-state index contributed by atoms with van der Waals surface area (Å²) in [7, 11) is 0. The summed E-state index contributed by atoms with van der Waals surface area (Å²) >= 11 is 1.80. The van der Waals surface area contributed by atoms with E-state index in [1.807, 2.05) is 0 Å². The van der Waals surface area contributed by atoms with Gasteiger partial charge < -0.3 is 5.43 Å². The van der Waals surface area contributed by atoms with Crippen LogP contribution in [0.25, 0.3) is 0 Å². The van der Waals surface area contributed by atoms with Crippen LogP contribution >= 0.6 is 11.8 Å². The van der Waals surface area contributed by atoms with E-state index in [1.54, 1.807) is 18.1 Å². The van der Waals surface area contributed by atoms with Crippen molar-refractivity contribution in [3.8, 4) is 0 Å². The predicted octanol–water partition coefficient (Wildman–Crippen LogP) is 4.56. The van der Waals surface area contributed by atoms with Crippen molar-refractivity contribution in [2.24, 2.45) is 4.99 Å². The van der Waals surface area contributed by atoms with Gasteiger partial charge in [0, 0.05) is 5.75 Å². The van der Waals surface area contributed by atoms with E-state index < -0.39 is 0 Å². The van der Waals surface area contributed by atoms with Gasteiger partial charge in [0.15, 0.2) is 5.50 Å². The van der Waals surface area contributed by atoms with Crippen LogP contribution in [0.3, 0.4) is 0 Å². The van der Waals surface area contributed by atoms with Crippen molar-refractivity contribution in [1.82, 2.24) is 10.9 Å². The van der Waals surface area contributed by atoms with E-state index in [2.05, 4.69) is 61.8 Å². The maximum absolute atomic E-state index is 4.23. The first kappa shape index (κ1) is 18.1. The van der Waals surface area contributed by atoms with Crippen LogP contribution < -0.4 is 10.9 Å². The molecular formula is C17H29N3S. The number of rotatable bonds is 9. The second kappa shape index (κ2) is 10.7. The first-order valence-electron chi connectivity index (χ1n) is 7.67. The molecule has 0 spiro atoms. The fraction of sp³-hybridized carbons (Fsp3) is 0.588. The Labute approximate surface area is 134 Å². The van der Waals surface area contributed by atoms with E-state index in [9.17, 15) is 0 Å².